The van der Waals surface area contributed by atoms with Crippen molar-refractivity contribution in [2.24, 2.45) is 0 Å². The minimum absolute atomic E-state index is 0.0511. The summed E-state index contributed by atoms with van der Waals surface area (Å²) >= 11 is 0. The Morgan fingerprint density at radius 2 is 2.08 bits per heavy atom. The number of imidazole rings is 1. The molecule has 0 aromatic carbocycles. The number of hydrogen-bond acceptors (Lipinski definition) is 4. The van der Waals surface area contributed by atoms with Crippen LogP contribution in [0, 0.1) is 6.92 Å². The van der Waals surface area contributed by atoms with Crippen molar-refractivity contribution in [2.45, 2.75) is 38.8 Å². The van der Waals surface area contributed by atoms with E-state index in [9.17, 15) is 4.79 Å². The molecule has 2 aliphatic rings. The quantitative estimate of drug-likeness (QED) is 0.837. The van der Waals surface area contributed by atoms with E-state index < -0.39 is 0 Å². The molecular formula is C19H26N4O2. The maximum atomic E-state index is 12.8. The van der Waals surface area contributed by atoms with Crippen LogP contribution in [0.25, 0.3) is 5.65 Å². The Morgan fingerprint density at radius 3 is 2.84 bits per heavy atom. The second kappa shape index (κ2) is 6.77. The zero-order valence-electron chi connectivity index (χ0n) is 15.0. The van der Waals surface area contributed by atoms with Crippen molar-refractivity contribution in [2.75, 3.05) is 32.8 Å². The first-order valence-corrected chi connectivity index (χ1v) is 9.20. The zero-order chi connectivity index (χ0) is 17.4. The lowest BCUT2D eigenvalue weighted by Gasteiger charge is -2.41. The molecule has 0 spiro atoms. The van der Waals surface area contributed by atoms with Gasteiger partial charge in [0.2, 0.25) is 0 Å². The van der Waals surface area contributed by atoms with E-state index in [-0.39, 0.29) is 5.91 Å². The van der Waals surface area contributed by atoms with Gasteiger partial charge in [0.1, 0.15) is 11.3 Å². The first kappa shape index (κ1) is 16.5. The number of likely N-dealkylation sites (tertiary alicyclic amines) is 1. The Balaban J connectivity index is 1.40. The van der Waals surface area contributed by atoms with Crippen LogP contribution in [0.1, 0.15) is 35.8 Å². The number of aryl methyl sites for hydroxylation is 1. The Labute approximate surface area is 148 Å². The molecule has 0 saturated carbocycles. The van der Waals surface area contributed by atoms with E-state index in [4.69, 9.17) is 4.74 Å². The van der Waals surface area contributed by atoms with E-state index >= 15 is 0 Å². The van der Waals surface area contributed by atoms with E-state index in [2.05, 4.69) is 16.8 Å². The standard InChI is InChI=1S/C19H26N4O2/c1-14-3-6-23-13-17(20-18(23)11-14)19(24)21-7-4-16(5-8-21)22-9-10-25-15(2)12-22/h3,6,11,13,15-16H,4-5,7-10,12H2,1-2H3/t15-/m0/s1. The third kappa shape index (κ3) is 3.41. The molecule has 4 heterocycles. The van der Waals surface area contributed by atoms with Gasteiger partial charge in [-0.1, -0.05) is 0 Å². The van der Waals surface area contributed by atoms with E-state index in [1.54, 1.807) is 0 Å². The highest BCUT2D eigenvalue weighted by Crippen LogP contribution is 2.21. The third-order valence-electron chi connectivity index (χ3n) is 5.38. The minimum Gasteiger partial charge on any atom is -0.376 e. The lowest BCUT2D eigenvalue weighted by atomic mass is 10.0. The Kier molecular flexibility index (Phi) is 4.48. The van der Waals surface area contributed by atoms with Crippen LogP contribution in [0.5, 0.6) is 0 Å². The number of morpholine rings is 1. The van der Waals surface area contributed by atoms with E-state index in [0.29, 0.717) is 17.8 Å². The number of aromatic nitrogens is 2. The highest BCUT2D eigenvalue weighted by molar-refractivity contribution is 5.93. The maximum absolute atomic E-state index is 12.8. The molecule has 0 N–H and O–H groups in total. The normalized spacial score (nSPS) is 23.3. The van der Waals surface area contributed by atoms with Crippen LogP contribution in [0.15, 0.2) is 24.5 Å². The van der Waals surface area contributed by atoms with Crippen LogP contribution < -0.4 is 0 Å². The second-order valence-electron chi connectivity index (χ2n) is 7.30. The number of ether oxygens (including phenoxy) is 1. The fourth-order valence-electron chi connectivity index (χ4n) is 3.96. The summed E-state index contributed by atoms with van der Waals surface area (Å²) in [6.07, 6.45) is 6.18. The third-order valence-corrected chi connectivity index (χ3v) is 5.38. The first-order valence-electron chi connectivity index (χ1n) is 9.20. The van der Waals surface area contributed by atoms with Crippen molar-refractivity contribution >= 4 is 11.6 Å². The van der Waals surface area contributed by atoms with Gasteiger partial charge in [0.05, 0.1) is 12.7 Å². The van der Waals surface area contributed by atoms with Crippen molar-refractivity contribution in [3.63, 3.8) is 0 Å². The number of rotatable bonds is 2. The molecule has 1 atom stereocenters. The predicted octanol–water partition coefficient (Wildman–Crippen LogP) is 1.97. The van der Waals surface area contributed by atoms with Crippen molar-refractivity contribution in [3.8, 4) is 0 Å². The van der Waals surface area contributed by atoms with E-state index in [1.807, 2.05) is 40.8 Å². The van der Waals surface area contributed by atoms with Crippen LogP contribution in [-0.4, -0.2) is 70.0 Å². The predicted molar refractivity (Wildman–Crippen MR) is 95.8 cm³/mol. The lowest BCUT2D eigenvalue weighted by molar-refractivity contribution is -0.0423. The van der Waals surface area contributed by atoms with Crippen molar-refractivity contribution < 1.29 is 9.53 Å². The summed E-state index contributed by atoms with van der Waals surface area (Å²) in [6, 6.07) is 4.60. The number of hydrogen-bond donors (Lipinski definition) is 0. The molecule has 4 rings (SSSR count). The number of carbonyl (C=O) groups is 1. The van der Waals surface area contributed by atoms with Gasteiger partial charge < -0.3 is 14.0 Å². The van der Waals surface area contributed by atoms with Gasteiger partial charge in [-0.2, -0.15) is 0 Å². The smallest absolute Gasteiger partial charge is 0.274 e. The molecule has 2 aromatic heterocycles. The largest absolute Gasteiger partial charge is 0.376 e. The van der Waals surface area contributed by atoms with Gasteiger partial charge >= 0.3 is 0 Å². The molecular weight excluding hydrogens is 316 g/mol. The molecule has 2 saturated heterocycles. The van der Waals surface area contributed by atoms with Crippen molar-refractivity contribution in [1.29, 1.82) is 0 Å². The number of nitrogens with zero attached hydrogens (tertiary/aromatic N) is 4. The summed E-state index contributed by atoms with van der Waals surface area (Å²) in [5.41, 5.74) is 2.53. The lowest BCUT2D eigenvalue weighted by Crippen LogP contribution is -2.51. The highest BCUT2D eigenvalue weighted by atomic mass is 16.5. The molecule has 25 heavy (non-hydrogen) atoms. The summed E-state index contributed by atoms with van der Waals surface area (Å²) in [7, 11) is 0. The summed E-state index contributed by atoms with van der Waals surface area (Å²) in [5.74, 6) is 0.0511. The molecule has 0 aliphatic carbocycles. The molecule has 0 radical (unpaired) electrons. The number of pyridine rings is 1. The molecule has 6 nitrogen and oxygen atoms in total. The minimum atomic E-state index is 0.0511. The highest BCUT2D eigenvalue weighted by Gasteiger charge is 2.30. The van der Waals surface area contributed by atoms with Gasteiger partial charge in [-0.15, -0.1) is 0 Å². The summed E-state index contributed by atoms with van der Waals surface area (Å²) < 4.78 is 7.56. The Morgan fingerprint density at radius 1 is 1.28 bits per heavy atom. The number of piperidine rings is 1. The summed E-state index contributed by atoms with van der Waals surface area (Å²) in [6.45, 7) is 8.62. The maximum Gasteiger partial charge on any atom is 0.274 e. The average molecular weight is 342 g/mol. The summed E-state index contributed by atoms with van der Waals surface area (Å²) in [5, 5.41) is 0. The molecule has 2 fully saturated rings. The van der Waals surface area contributed by atoms with Crippen LogP contribution >= 0.6 is 0 Å². The van der Waals surface area contributed by atoms with Crippen molar-refractivity contribution in [1.82, 2.24) is 19.2 Å². The van der Waals surface area contributed by atoms with Crippen LogP contribution in [0.2, 0.25) is 0 Å². The molecule has 134 valence electrons. The fourth-order valence-corrected chi connectivity index (χ4v) is 3.96. The van der Waals surface area contributed by atoms with Gasteiger partial charge in [-0.05, 0) is 44.4 Å². The second-order valence-corrected chi connectivity index (χ2v) is 7.30. The Bertz CT molecular complexity index is 764. The zero-order valence-corrected chi connectivity index (χ0v) is 15.0. The molecule has 0 bridgehead atoms. The van der Waals surface area contributed by atoms with Crippen LogP contribution in [0.4, 0.5) is 0 Å². The molecule has 1 amide bonds. The topological polar surface area (TPSA) is 50.1 Å². The number of fused-ring (bicyclic) bond motifs is 1. The van der Waals surface area contributed by atoms with Gasteiger partial charge in [0.25, 0.3) is 5.91 Å². The van der Waals surface area contributed by atoms with Gasteiger partial charge in [0.15, 0.2) is 0 Å². The number of carbonyl (C=O) groups excluding carboxylic acids is 1. The fraction of sp³-hybridized carbons (Fsp3) is 0.579. The molecule has 6 heteroatoms. The van der Waals surface area contributed by atoms with E-state index in [1.165, 1.54) is 0 Å². The molecule has 0 unspecified atom stereocenters. The van der Waals surface area contributed by atoms with Gasteiger partial charge in [-0.3, -0.25) is 9.69 Å². The monoisotopic (exact) mass is 342 g/mol. The first-order chi connectivity index (χ1) is 12.1. The van der Waals surface area contributed by atoms with Gasteiger partial charge in [-0.25, -0.2) is 4.98 Å². The number of amides is 1. The Hall–Kier alpha value is -1.92. The van der Waals surface area contributed by atoms with Crippen LogP contribution in [-0.2, 0) is 4.74 Å². The van der Waals surface area contributed by atoms with Crippen LogP contribution in [0.3, 0.4) is 0 Å². The van der Waals surface area contributed by atoms with E-state index in [0.717, 1.165) is 56.8 Å². The van der Waals surface area contributed by atoms with Gasteiger partial charge in [0, 0.05) is 44.6 Å². The SMILES string of the molecule is Cc1ccn2cc(C(=O)N3CCC(N4CCO[C@@H](C)C4)CC3)nc2c1. The molecule has 2 aliphatic heterocycles. The molecule has 2 aromatic rings. The summed E-state index contributed by atoms with van der Waals surface area (Å²) in [4.78, 5) is 21.8. The average Bonchev–Trinajstić information content (AvgIpc) is 3.04. The van der Waals surface area contributed by atoms with Crippen molar-refractivity contribution in [3.05, 3.63) is 35.8 Å².